The van der Waals surface area contributed by atoms with Gasteiger partial charge in [-0.25, -0.2) is 4.79 Å². The molecule has 3 aromatic rings. The van der Waals surface area contributed by atoms with Crippen molar-refractivity contribution >= 4 is 64.2 Å². The highest BCUT2D eigenvalue weighted by atomic mass is 35.5. The first-order chi connectivity index (χ1) is 18.2. The van der Waals surface area contributed by atoms with Crippen molar-refractivity contribution in [3.05, 3.63) is 99.2 Å². The number of halogens is 2. The van der Waals surface area contributed by atoms with Gasteiger partial charge in [0.2, 0.25) is 5.78 Å². The van der Waals surface area contributed by atoms with Gasteiger partial charge in [0, 0.05) is 33.2 Å². The van der Waals surface area contributed by atoms with E-state index in [-0.39, 0.29) is 17.8 Å². The van der Waals surface area contributed by atoms with Gasteiger partial charge in [-0.05, 0) is 61.5 Å². The van der Waals surface area contributed by atoms with Gasteiger partial charge in [-0.1, -0.05) is 29.3 Å². The Morgan fingerprint density at radius 2 is 1.74 bits per heavy atom. The van der Waals surface area contributed by atoms with Gasteiger partial charge in [-0.15, -0.1) is 0 Å². The second kappa shape index (κ2) is 11.4. The van der Waals surface area contributed by atoms with E-state index in [0.29, 0.717) is 38.6 Å². The molecule has 1 aromatic heterocycles. The smallest absolute Gasteiger partial charge is 0.343 e. The zero-order valence-corrected chi connectivity index (χ0v) is 21.7. The summed E-state index contributed by atoms with van der Waals surface area (Å²) >= 11 is 11.9. The number of methoxy groups -OCH3 is 1. The van der Waals surface area contributed by atoms with Gasteiger partial charge in [0.25, 0.3) is 0 Å². The zero-order valence-electron chi connectivity index (χ0n) is 20.2. The lowest BCUT2D eigenvalue weighted by Gasteiger charge is -2.21. The highest BCUT2D eigenvalue weighted by Crippen LogP contribution is 2.36. The quantitative estimate of drug-likeness (QED) is 0.196. The number of benzene rings is 2. The number of hydrogen-bond donors (Lipinski definition) is 2. The molecule has 4 rings (SSSR count). The van der Waals surface area contributed by atoms with Gasteiger partial charge in [0.15, 0.2) is 0 Å². The third-order valence-electron chi connectivity index (χ3n) is 5.55. The molecule has 0 spiro atoms. The molecule has 194 valence electrons. The number of rotatable bonds is 6. The Hall–Kier alpha value is -4.34. The van der Waals surface area contributed by atoms with Crippen LogP contribution in [0.5, 0.6) is 0 Å². The van der Waals surface area contributed by atoms with Crippen LogP contribution in [0.2, 0.25) is 10.0 Å². The van der Waals surface area contributed by atoms with Crippen LogP contribution in [0.4, 0.5) is 11.4 Å². The molecule has 0 aliphatic carbocycles. The molecule has 0 unspecified atom stereocenters. The minimum Gasteiger partial charge on any atom is -0.465 e. The van der Waals surface area contributed by atoms with Gasteiger partial charge in [-0.3, -0.25) is 14.4 Å². The molecule has 0 saturated heterocycles. The summed E-state index contributed by atoms with van der Waals surface area (Å²) < 4.78 is 10.5. The average molecular weight is 554 g/mol. The first-order valence-corrected chi connectivity index (χ1v) is 12.0. The normalized spacial score (nSPS) is 14.2. The number of nitrogens with zero attached hydrogens (tertiary/aromatic N) is 1. The fraction of sp³-hybridized carbons (Fsp3) is 0.111. The van der Waals surface area contributed by atoms with Crippen molar-refractivity contribution in [2.24, 2.45) is 0 Å². The molecule has 0 saturated carbocycles. The lowest BCUT2D eigenvalue weighted by molar-refractivity contribution is -0.137. The number of carbonyl (C=O) groups is 4. The van der Waals surface area contributed by atoms with Crippen molar-refractivity contribution in [3.63, 3.8) is 0 Å². The summed E-state index contributed by atoms with van der Waals surface area (Å²) in [6.45, 7) is 1.56. The SMILES string of the molecule is COC(=O)C1=C(C)N(c2ccc(Cl)cc2)/C(=C/c2ccc(CNC(=O)C(=O)Nc3cccc(Cl)c3)o2)C1=O. The monoisotopic (exact) mass is 553 g/mol. The minimum absolute atomic E-state index is 0.0789. The van der Waals surface area contributed by atoms with Crippen LogP contribution in [0.15, 0.2) is 82.0 Å². The Labute approximate surface area is 227 Å². The maximum atomic E-state index is 13.2. The summed E-state index contributed by atoms with van der Waals surface area (Å²) in [4.78, 5) is 51.5. The van der Waals surface area contributed by atoms with Gasteiger partial charge >= 0.3 is 17.8 Å². The first kappa shape index (κ1) is 26.7. The summed E-state index contributed by atoms with van der Waals surface area (Å²) in [7, 11) is 1.20. The predicted molar refractivity (Wildman–Crippen MR) is 142 cm³/mol. The highest BCUT2D eigenvalue weighted by molar-refractivity contribution is 6.39. The molecule has 2 heterocycles. The fourth-order valence-electron chi connectivity index (χ4n) is 3.79. The number of amides is 2. The fourth-order valence-corrected chi connectivity index (χ4v) is 4.10. The molecule has 1 aliphatic rings. The predicted octanol–water partition coefficient (Wildman–Crippen LogP) is 4.72. The third kappa shape index (κ3) is 5.80. The molecule has 2 amide bonds. The van der Waals surface area contributed by atoms with E-state index in [1.807, 2.05) is 0 Å². The Balaban J connectivity index is 1.50. The molecule has 2 N–H and O–H groups in total. The Kier molecular flexibility index (Phi) is 7.99. The van der Waals surface area contributed by atoms with E-state index in [1.54, 1.807) is 66.4 Å². The van der Waals surface area contributed by atoms with E-state index in [9.17, 15) is 19.2 Å². The summed E-state index contributed by atoms with van der Waals surface area (Å²) in [6, 6.07) is 16.3. The number of anilines is 2. The number of nitrogens with one attached hydrogen (secondary N) is 2. The zero-order chi connectivity index (χ0) is 27.4. The van der Waals surface area contributed by atoms with E-state index < -0.39 is 23.6 Å². The molecular formula is C27H21Cl2N3O6. The Morgan fingerprint density at radius 3 is 2.42 bits per heavy atom. The molecule has 0 fully saturated rings. The van der Waals surface area contributed by atoms with Crippen LogP contribution >= 0.6 is 23.2 Å². The molecule has 11 heteroatoms. The molecular weight excluding hydrogens is 533 g/mol. The van der Waals surface area contributed by atoms with E-state index in [4.69, 9.17) is 32.4 Å². The minimum atomic E-state index is -0.872. The maximum absolute atomic E-state index is 13.2. The van der Waals surface area contributed by atoms with Crippen molar-refractivity contribution < 1.29 is 28.3 Å². The summed E-state index contributed by atoms with van der Waals surface area (Å²) in [5.74, 6) is -2.40. The number of esters is 1. The van der Waals surface area contributed by atoms with Crippen molar-refractivity contribution in [2.75, 3.05) is 17.3 Å². The van der Waals surface area contributed by atoms with Crippen molar-refractivity contribution in [1.82, 2.24) is 5.32 Å². The summed E-state index contributed by atoms with van der Waals surface area (Å²) in [5.41, 5.74) is 1.44. The highest BCUT2D eigenvalue weighted by Gasteiger charge is 2.38. The van der Waals surface area contributed by atoms with Gasteiger partial charge in [0.1, 0.15) is 17.1 Å². The van der Waals surface area contributed by atoms with Crippen LogP contribution < -0.4 is 15.5 Å². The molecule has 1 aliphatic heterocycles. The van der Waals surface area contributed by atoms with Crippen molar-refractivity contribution in [2.45, 2.75) is 13.5 Å². The maximum Gasteiger partial charge on any atom is 0.343 e. The number of carbonyl (C=O) groups excluding carboxylic acids is 4. The van der Waals surface area contributed by atoms with Gasteiger partial charge < -0.3 is 24.7 Å². The van der Waals surface area contributed by atoms with Crippen LogP contribution in [-0.2, 0) is 30.5 Å². The number of furan rings is 1. The average Bonchev–Trinajstić information content (AvgIpc) is 3.44. The van der Waals surface area contributed by atoms with Crippen LogP contribution in [0.25, 0.3) is 6.08 Å². The number of Topliss-reactive ketones (excluding diaryl/α,β-unsaturated/α-hetero) is 1. The van der Waals surface area contributed by atoms with Crippen molar-refractivity contribution in [3.8, 4) is 0 Å². The Bertz CT molecular complexity index is 1490. The second-order valence-electron chi connectivity index (χ2n) is 8.07. The van der Waals surface area contributed by atoms with Crippen LogP contribution in [0, 0.1) is 0 Å². The van der Waals surface area contributed by atoms with Gasteiger partial charge in [-0.2, -0.15) is 0 Å². The first-order valence-electron chi connectivity index (χ1n) is 11.2. The number of allylic oxidation sites excluding steroid dienone is 2. The summed E-state index contributed by atoms with van der Waals surface area (Å²) in [6.07, 6.45) is 1.48. The van der Waals surface area contributed by atoms with E-state index >= 15 is 0 Å². The molecule has 0 bridgehead atoms. The lowest BCUT2D eigenvalue weighted by atomic mass is 10.1. The largest absolute Gasteiger partial charge is 0.465 e. The Morgan fingerprint density at radius 1 is 1.00 bits per heavy atom. The summed E-state index contributed by atoms with van der Waals surface area (Å²) in [5, 5.41) is 5.85. The molecule has 2 aromatic carbocycles. The van der Waals surface area contributed by atoms with E-state index in [2.05, 4.69) is 10.6 Å². The lowest BCUT2D eigenvalue weighted by Crippen LogP contribution is -2.34. The standard InChI is InChI=1S/C27H21Cl2N3O6/c1-15-23(27(36)37-2)24(33)22(32(15)19-8-6-16(28)7-9-19)13-20-10-11-21(38-20)14-30-25(34)26(35)31-18-5-3-4-17(29)12-18/h3-13H,14H2,1-2H3,(H,30,34)(H,31,35)/b22-13+. The molecule has 9 nitrogen and oxygen atoms in total. The van der Waals surface area contributed by atoms with E-state index in [0.717, 1.165) is 0 Å². The number of ketones is 1. The molecule has 38 heavy (non-hydrogen) atoms. The van der Waals surface area contributed by atoms with Crippen molar-refractivity contribution in [1.29, 1.82) is 0 Å². The van der Waals surface area contributed by atoms with E-state index in [1.165, 1.54) is 19.3 Å². The van der Waals surface area contributed by atoms with Crippen LogP contribution in [-0.4, -0.2) is 30.7 Å². The topological polar surface area (TPSA) is 118 Å². The third-order valence-corrected chi connectivity index (χ3v) is 6.03. The molecule has 0 radical (unpaired) electrons. The van der Waals surface area contributed by atoms with Crippen LogP contribution in [0.1, 0.15) is 18.4 Å². The van der Waals surface area contributed by atoms with Gasteiger partial charge in [0.05, 0.1) is 19.4 Å². The number of hydrogen-bond acceptors (Lipinski definition) is 7. The molecule has 0 atom stereocenters. The number of ether oxygens (including phenoxy) is 1. The second-order valence-corrected chi connectivity index (χ2v) is 8.95. The van der Waals surface area contributed by atoms with Crippen LogP contribution in [0.3, 0.4) is 0 Å².